The number of hydrogen-bond donors (Lipinski definition) is 1. The van der Waals surface area contributed by atoms with Gasteiger partial charge in [0, 0.05) is 6.04 Å². The lowest BCUT2D eigenvalue weighted by Crippen LogP contribution is -2.57. The summed E-state index contributed by atoms with van der Waals surface area (Å²) in [4.78, 5) is 25.9. The molecule has 0 saturated carbocycles. The number of methoxy groups -OCH3 is 1. The SMILES string of the molecule is CCCC1(C(=O)N(CC(=O)OC)C(C)C)CCCN1. The Bertz CT molecular complexity index is 323. The molecule has 0 aromatic rings. The molecule has 0 aromatic carbocycles. The normalized spacial score (nSPS) is 22.6. The van der Waals surface area contributed by atoms with E-state index in [2.05, 4.69) is 17.0 Å². The average Bonchev–Trinajstić information content (AvgIpc) is 2.84. The van der Waals surface area contributed by atoms with Crippen LogP contribution in [0.1, 0.15) is 46.5 Å². The van der Waals surface area contributed by atoms with Crippen LogP contribution in [0.3, 0.4) is 0 Å². The Labute approximate surface area is 115 Å². The average molecular weight is 270 g/mol. The molecule has 1 aliphatic rings. The Morgan fingerprint density at radius 2 is 2.11 bits per heavy atom. The Hall–Kier alpha value is -1.10. The first-order valence-electron chi connectivity index (χ1n) is 7.09. The molecule has 1 atom stereocenters. The summed E-state index contributed by atoms with van der Waals surface area (Å²) in [5.41, 5.74) is -0.479. The summed E-state index contributed by atoms with van der Waals surface area (Å²) in [7, 11) is 1.35. The summed E-state index contributed by atoms with van der Waals surface area (Å²) in [5.74, 6) is -0.334. The molecule has 0 spiro atoms. The van der Waals surface area contributed by atoms with E-state index in [9.17, 15) is 9.59 Å². The number of ether oxygens (including phenoxy) is 1. The molecule has 1 fully saturated rings. The zero-order chi connectivity index (χ0) is 14.5. The van der Waals surface area contributed by atoms with E-state index in [1.54, 1.807) is 4.90 Å². The van der Waals surface area contributed by atoms with Crippen LogP contribution in [0.25, 0.3) is 0 Å². The van der Waals surface area contributed by atoms with Crippen molar-refractivity contribution < 1.29 is 14.3 Å². The molecular weight excluding hydrogens is 244 g/mol. The van der Waals surface area contributed by atoms with Gasteiger partial charge in [-0.1, -0.05) is 13.3 Å². The van der Waals surface area contributed by atoms with Crippen molar-refractivity contribution in [2.45, 2.75) is 58.0 Å². The maximum absolute atomic E-state index is 12.8. The van der Waals surface area contributed by atoms with Crippen LogP contribution in [0.4, 0.5) is 0 Å². The molecule has 0 bridgehead atoms. The highest BCUT2D eigenvalue weighted by molar-refractivity contribution is 5.89. The highest BCUT2D eigenvalue weighted by Gasteiger charge is 2.43. The summed E-state index contributed by atoms with van der Waals surface area (Å²) in [6.07, 6.45) is 3.62. The predicted molar refractivity (Wildman–Crippen MR) is 73.7 cm³/mol. The molecule has 19 heavy (non-hydrogen) atoms. The monoisotopic (exact) mass is 270 g/mol. The predicted octanol–water partition coefficient (Wildman–Crippen LogP) is 1.32. The number of nitrogens with one attached hydrogen (secondary N) is 1. The number of rotatable bonds is 6. The summed E-state index contributed by atoms with van der Waals surface area (Å²) < 4.78 is 4.68. The molecule has 1 amide bonds. The molecule has 1 rings (SSSR count). The number of nitrogens with zero attached hydrogens (tertiary/aromatic N) is 1. The largest absolute Gasteiger partial charge is 0.468 e. The molecule has 1 saturated heterocycles. The summed E-state index contributed by atoms with van der Waals surface area (Å²) in [5, 5.41) is 3.35. The lowest BCUT2D eigenvalue weighted by molar-refractivity contribution is -0.151. The van der Waals surface area contributed by atoms with Gasteiger partial charge in [0.15, 0.2) is 0 Å². The second kappa shape index (κ2) is 6.89. The number of carbonyl (C=O) groups excluding carboxylic acids is 2. The van der Waals surface area contributed by atoms with Crippen molar-refractivity contribution in [3.05, 3.63) is 0 Å². The van der Waals surface area contributed by atoms with E-state index in [-0.39, 0.29) is 24.5 Å². The zero-order valence-corrected chi connectivity index (χ0v) is 12.5. The van der Waals surface area contributed by atoms with E-state index in [4.69, 9.17) is 0 Å². The molecule has 110 valence electrons. The van der Waals surface area contributed by atoms with Gasteiger partial charge in [-0.3, -0.25) is 9.59 Å². The smallest absolute Gasteiger partial charge is 0.325 e. The summed E-state index contributed by atoms with van der Waals surface area (Å²) >= 11 is 0. The number of carbonyl (C=O) groups is 2. The minimum atomic E-state index is -0.479. The van der Waals surface area contributed by atoms with Gasteiger partial charge in [-0.2, -0.15) is 0 Å². The van der Waals surface area contributed by atoms with Crippen molar-refractivity contribution in [1.29, 1.82) is 0 Å². The van der Waals surface area contributed by atoms with E-state index >= 15 is 0 Å². The standard InChI is InChI=1S/C14H26N2O3/c1-5-7-14(8-6-9-15-14)13(18)16(11(2)3)10-12(17)19-4/h11,15H,5-10H2,1-4H3. The third kappa shape index (κ3) is 3.69. The van der Waals surface area contributed by atoms with Gasteiger partial charge in [0.1, 0.15) is 6.54 Å². The zero-order valence-electron chi connectivity index (χ0n) is 12.5. The Morgan fingerprint density at radius 3 is 2.53 bits per heavy atom. The minimum Gasteiger partial charge on any atom is -0.468 e. The lowest BCUT2D eigenvalue weighted by atomic mass is 9.89. The quantitative estimate of drug-likeness (QED) is 0.740. The van der Waals surface area contributed by atoms with E-state index in [0.29, 0.717) is 0 Å². The molecular formula is C14H26N2O3. The van der Waals surface area contributed by atoms with Gasteiger partial charge in [0.25, 0.3) is 0 Å². The highest BCUT2D eigenvalue weighted by atomic mass is 16.5. The third-order valence-electron chi connectivity index (χ3n) is 3.74. The van der Waals surface area contributed by atoms with Gasteiger partial charge in [-0.25, -0.2) is 0 Å². The first-order chi connectivity index (χ1) is 8.96. The molecule has 0 radical (unpaired) electrons. The fourth-order valence-corrected chi connectivity index (χ4v) is 2.70. The maximum atomic E-state index is 12.8. The van der Waals surface area contributed by atoms with Gasteiger partial charge in [-0.05, 0) is 39.7 Å². The number of esters is 1. The molecule has 1 aliphatic heterocycles. The molecule has 1 N–H and O–H groups in total. The fourth-order valence-electron chi connectivity index (χ4n) is 2.70. The van der Waals surface area contributed by atoms with Gasteiger partial charge in [-0.15, -0.1) is 0 Å². The van der Waals surface area contributed by atoms with Gasteiger partial charge in [0.2, 0.25) is 5.91 Å². The first kappa shape index (κ1) is 16.0. The van der Waals surface area contributed by atoms with Crippen molar-refractivity contribution in [1.82, 2.24) is 10.2 Å². The second-order valence-corrected chi connectivity index (χ2v) is 5.47. The molecule has 5 nitrogen and oxygen atoms in total. The molecule has 1 unspecified atom stereocenters. The van der Waals surface area contributed by atoms with Crippen molar-refractivity contribution in [2.75, 3.05) is 20.2 Å². The topological polar surface area (TPSA) is 58.6 Å². The maximum Gasteiger partial charge on any atom is 0.325 e. The lowest BCUT2D eigenvalue weighted by Gasteiger charge is -2.36. The van der Waals surface area contributed by atoms with Gasteiger partial charge in [0.05, 0.1) is 12.6 Å². The van der Waals surface area contributed by atoms with E-state index in [1.165, 1.54) is 7.11 Å². The Balaban J connectivity index is 2.87. The van der Waals surface area contributed by atoms with E-state index in [1.807, 2.05) is 13.8 Å². The molecule has 1 heterocycles. The number of hydrogen-bond acceptors (Lipinski definition) is 4. The van der Waals surface area contributed by atoms with Crippen molar-refractivity contribution >= 4 is 11.9 Å². The highest BCUT2D eigenvalue weighted by Crippen LogP contribution is 2.27. The van der Waals surface area contributed by atoms with Crippen molar-refractivity contribution in [3.63, 3.8) is 0 Å². The van der Waals surface area contributed by atoms with Crippen LogP contribution in [-0.2, 0) is 14.3 Å². The van der Waals surface area contributed by atoms with Crippen molar-refractivity contribution in [3.8, 4) is 0 Å². The summed E-state index contributed by atoms with van der Waals surface area (Å²) in [6.45, 7) is 6.83. The molecule has 0 aromatic heterocycles. The Morgan fingerprint density at radius 1 is 1.42 bits per heavy atom. The van der Waals surface area contributed by atoms with Crippen molar-refractivity contribution in [2.24, 2.45) is 0 Å². The van der Waals surface area contributed by atoms with Crippen LogP contribution in [0.2, 0.25) is 0 Å². The fraction of sp³-hybridized carbons (Fsp3) is 0.857. The van der Waals surface area contributed by atoms with Crippen LogP contribution >= 0.6 is 0 Å². The van der Waals surface area contributed by atoms with Crippen LogP contribution in [0.5, 0.6) is 0 Å². The molecule has 0 aliphatic carbocycles. The second-order valence-electron chi connectivity index (χ2n) is 5.47. The van der Waals surface area contributed by atoms with Crippen LogP contribution in [-0.4, -0.2) is 48.6 Å². The van der Waals surface area contributed by atoms with Crippen LogP contribution < -0.4 is 5.32 Å². The third-order valence-corrected chi connectivity index (χ3v) is 3.74. The number of amides is 1. The summed E-state index contributed by atoms with van der Waals surface area (Å²) in [6, 6.07) is -0.0114. The van der Waals surface area contributed by atoms with Crippen LogP contribution in [0.15, 0.2) is 0 Å². The molecule has 5 heteroatoms. The van der Waals surface area contributed by atoms with Crippen LogP contribution in [0, 0.1) is 0 Å². The minimum absolute atomic E-state index is 0.0114. The van der Waals surface area contributed by atoms with E-state index in [0.717, 1.165) is 32.2 Å². The Kier molecular flexibility index (Phi) is 5.79. The van der Waals surface area contributed by atoms with Gasteiger partial charge >= 0.3 is 5.97 Å². The van der Waals surface area contributed by atoms with Gasteiger partial charge < -0.3 is 15.0 Å². The van der Waals surface area contributed by atoms with E-state index < -0.39 is 5.54 Å². The first-order valence-corrected chi connectivity index (χ1v) is 7.09.